The van der Waals surface area contributed by atoms with Crippen molar-refractivity contribution in [3.05, 3.63) is 80.5 Å². The molecular formula is C25H19FN2O3S2. The Morgan fingerprint density at radius 2 is 1.61 bits per heavy atom. The summed E-state index contributed by atoms with van der Waals surface area (Å²) in [5.41, 5.74) is 1.60. The number of amides is 2. The summed E-state index contributed by atoms with van der Waals surface area (Å²) in [5.74, 6) is -0.946. The second-order valence-electron chi connectivity index (χ2n) is 9.36. The van der Waals surface area contributed by atoms with Gasteiger partial charge in [-0.1, -0.05) is 41.7 Å². The van der Waals surface area contributed by atoms with Gasteiger partial charge < -0.3 is 4.98 Å². The molecule has 7 atom stereocenters. The molecule has 2 aliphatic carbocycles. The molecule has 2 aromatic carbocycles. The Morgan fingerprint density at radius 1 is 0.909 bits per heavy atom. The summed E-state index contributed by atoms with van der Waals surface area (Å²) < 4.78 is 13.7. The highest BCUT2D eigenvalue weighted by Crippen LogP contribution is 2.68. The van der Waals surface area contributed by atoms with Gasteiger partial charge in [-0.25, -0.2) is 4.39 Å². The number of hydrogen-bond acceptors (Lipinski definition) is 5. The highest BCUT2D eigenvalue weighted by atomic mass is 32.2. The molecule has 3 heterocycles. The summed E-state index contributed by atoms with van der Waals surface area (Å²) in [5, 5.41) is 0.998. The number of carbonyl (C=O) groups excluding carboxylic acids is 2. The molecule has 3 fully saturated rings. The van der Waals surface area contributed by atoms with E-state index in [1.165, 1.54) is 28.4 Å². The number of nitrogens with zero attached hydrogens (tertiary/aromatic N) is 1. The van der Waals surface area contributed by atoms with Crippen LogP contribution < -0.4 is 9.77 Å². The Kier molecular flexibility index (Phi) is 4.13. The van der Waals surface area contributed by atoms with Crippen LogP contribution in [0.3, 0.4) is 0 Å². The van der Waals surface area contributed by atoms with E-state index in [4.69, 9.17) is 0 Å². The van der Waals surface area contributed by atoms with E-state index in [2.05, 4.69) is 4.98 Å². The Labute approximate surface area is 197 Å². The van der Waals surface area contributed by atoms with Crippen LogP contribution in [-0.2, 0) is 9.59 Å². The second-order valence-corrected chi connectivity index (χ2v) is 11.6. The molecule has 5 nitrogen and oxygen atoms in total. The zero-order valence-corrected chi connectivity index (χ0v) is 18.9. The number of benzene rings is 2. The number of aromatic amines is 1. The topological polar surface area (TPSA) is 70.2 Å². The number of hydrogen-bond donors (Lipinski definition) is 1. The van der Waals surface area contributed by atoms with Crippen LogP contribution in [0.5, 0.6) is 0 Å². The molecule has 8 heteroatoms. The zero-order chi connectivity index (χ0) is 22.4. The van der Waals surface area contributed by atoms with E-state index in [-0.39, 0.29) is 63.3 Å². The van der Waals surface area contributed by atoms with E-state index < -0.39 is 0 Å². The number of fused-ring (bicyclic) bond motifs is 9. The lowest BCUT2D eigenvalue weighted by molar-refractivity contribution is -0.123. The van der Waals surface area contributed by atoms with E-state index in [0.717, 1.165) is 21.9 Å². The van der Waals surface area contributed by atoms with Crippen molar-refractivity contribution in [2.45, 2.75) is 22.6 Å². The minimum atomic E-state index is -0.329. The number of H-pyrrole nitrogens is 1. The molecule has 1 saturated heterocycles. The predicted molar refractivity (Wildman–Crippen MR) is 124 cm³/mol. The van der Waals surface area contributed by atoms with Crippen molar-refractivity contribution in [2.24, 2.45) is 29.6 Å². The SMILES string of the molecule is O=C1[C@H]2[C@H]3C[C@@H]([C@@H]2C(=O)N1c1ccccc1)[C@H]1[C@H](c2ccc(F)cc2)c2sc(=O)[nH]c2S[C@H]31. The molecule has 3 aromatic rings. The summed E-state index contributed by atoms with van der Waals surface area (Å²) >= 11 is 2.87. The molecule has 0 radical (unpaired) electrons. The molecule has 7 rings (SSSR count). The van der Waals surface area contributed by atoms with Crippen LogP contribution in [0.4, 0.5) is 10.1 Å². The Hall–Kier alpha value is -2.71. The van der Waals surface area contributed by atoms with Gasteiger partial charge in [0.05, 0.1) is 22.5 Å². The summed E-state index contributed by atoms with van der Waals surface area (Å²) in [7, 11) is 0. The third kappa shape index (κ3) is 2.62. The Balaban J connectivity index is 1.34. The van der Waals surface area contributed by atoms with Gasteiger partial charge in [-0.2, -0.15) is 0 Å². The average molecular weight is 479 g/mol. The van der Waals surface area contributed by atoms with Crippen LogP contribution in [0.2, 0.25) is 0 Å². The van der Waals surface area contributed by atoms with Gasteiger partial charge in [0, 0.05) is 16.0 Å². The maximum absolute atomic E-state index is 13.7. The van der Waals surface area contributed by atoms with Crippen LogP contribution in [0.15, 0.2) is 64.4 Å². The van der Waals surface area contributed by atoms with Crippen molar-refractivity contribution >= 4 is 40.6 Å². The van der Waals surface area contributed by atoms with Crippen molar-refractivity contribution in [1.29, 1.82) is 0 Å². The van der Waals surface area contributed by atoms with E-state index in [1.807, 2.05) is 30.3 Å². The normalized spacial score (nSPS) is 33.8. The van der Waals surface area contributed by atoms with Gasteiger partial charge in [-0.05, 0) is 54.0 Å². The van der Waals surface area contributed by atoms with Gasteiger partial charge in [-0.15, -0.1) is 11.8 Å². The molecule has 1 N–H and O–H groups in total. The lowest BCUT2D eigenvalue weighted by atomic mass is 9.68. The number of carbonyl (C=O) groups is 2. The van der Waals surface area contributed by atoms with Crippen molar-refractivity contribution < 1.29 is 14.0 Å². The number of thioether (sulfide) groups is 1. The monoisotopic (exact) mass is 478 g/mol. The largest absolute Gasteiger partial charge is 0.307 e. The quantitative estimate of drug-likeness (QED) is 0.559. The molecule has 2 bridgehead atoms. The highest BCUT2D eigenvalue weighted by Gasteiger charge is 2.69. The molecule has 2 amide bonds. The van der Waals surface area contributed by atoms with Crippen molar-refractivity contribution in [2.75, 3.05) is 4.90 Å². The molecule has 0 unspecified atom stereocenters. The molecule has 4 aliphatic rings. The summed E-state index contributed by atoms with van der Waals surface area (Å²) in [4.78, 5) is 44.6. The fraction of sp³-hybridized carbons (Fsp3) is 0.320. The van der Waals surface area contributed by atoms with Crippen LogP contribution in [0.25, 0.3) is 0 Å². The van der Waals surface area contributed by atoms with Gasteiger partial charge in [0.25, 0.3) is 0 Å². The van der Waals surface area contributed by atoms with E-state index in [0.29, 0.717) is 5.69 Å². The lowest BCUT2D eigenvalue weighted by Crippen LogP contribution is -2.42. The molecule has 166 valence electrons. The van der Waals surface area contributed by atoms with Crippen molar-refractivity contribution in [3.63, 3.8) is 0 Å². The Morgan fingerprint density at radius 3 is 2.33 bits per heavy atom. The average Bonchev–Trinajstić information content (AvgIpc) is 3.54. The number of anilines is 1. The smallest absolute Gasteiger partial charge is 0.305 e. The fourth-order valence-corrected chi connectivity index (χ4v) is 9.78. The number of rotatable bonds is 2. The number of aromatic nitrogens is 1. The van der Waals surface area contributed by atoms with Gasteiger partial charge >= 0.3 is 4.87 Å². The maximum Gasteiger partial charge on any atom is 0.305 e. The third-order valence-electron chi connectivity index (χ3n) is 7.97. The first-order chi connectivity index (χ1) is 16.0. The first kappa shape index (κ1) is 19.7. The maximum atomic E-state index is 13.7. The van der Waals surface area contributed by atoms with Gasteiger partial charge in [0.1, 0.15) is 5.82 Å². The second kappa shape index (κ2) is 6.90. The highest BCUT2D eigenvalue weighted by molar-refractivity contribution is 8.00. The molecular weight excluding hydrogens is 459 g/mol. The van der Waals surface area contributed by atoms with Crippen LogP contribution in [-0.4, -0.2) is 22.0 Å². The van der Waals surface area contributed by atoms with Crippen LogP contribution >= 0.6 is 23.1 Å². The summed E-state index contributed by atoms with van der Waals surface area (Å²) in [6.07, 6.45) is 0.842. The zero-order valence-electron chi connectivity index (χ0n) is 17.3. The molecule has 0 spiro atoms. The molecule has 33 heavy (non-hydrogen) atoms. The van der Waals surface area contributed by atoms with Gasteiger partial charge in [-0.3, -0.25) is 19.3 Å². The fourth-order valence-electron chi connectivity index (χ4n) is 6.89. The predicted octanol–water partition coefficient (Wildman–Crippen LogP) is 4.25. The lowest BCUT2D eigenvalue weighted by Gasteiger charge is -2.43. The molecule has 2 aliphatic heterocycles. The van der Waals surface area contributed by atoms with Crippen molar-refractivity contribution in [3.8, 4) is 0 Å². The van der Waals surface area contributed by atoms with E-state index in [9.17, 15) is 18.8 Å². The number of nitrogens with one attached hydrogen (secondary N) is 1. The van der Waals surface area contributed by atoms with Crippen molar-refractivity contribution in [1.82, 2.24) is 4.98 Å². The number of thiazole rings is 1. The summed E-state index contributed by atoms with van der Waals surface area (Å²) in [6, 6.07) is 15.7. The standard InChI is InChI=1S/C25H19FN2O3S2/c26-12-8-6-11(7-9-12)16-17-14-10-15(20(17)32-22-21(16)33-25(31)27-22)19-18(14)23(29)28(24(19)30)13-4-2-1-3-5-13/h1-9,14-20H,10H2,(H,27,31)/t14-,15-,16+,17+,18+,19+,20-/m1/s1. The van der Waals surface area contributed by atoms with Crippen LogP contribution in [0, 0.1) is 35.4 Å². The first-order valence-electron chi connectivity index (χ1n) is 11.1. The molecule has 2 saturated carbocycles. The van der Waals surface area contributed by atoms with Gasteiger partial charge in [0.2, 0.25) is 11.8 Å². The first-order valence-corrected chi connectivity index (χ1v) is 12.8. The number of imide groups is 1. The number of para-hydroxylation sites is 1. The van der Waals surface area contributed by atoms with Crippen LogP contribution in [0.1, 0.15) is 22.8 Å². The molecule has 1 aromatic heterocycles. The van der Waals surface area contributed by atoms with E-state index >= 15 is 0 Å². The minimum Gasteiger partial charge on any atom is -0.307 e. The number of halogens is 1. The van der Waals surface area contributed by atoms with E-state index in [1.54, 1.807) is 23.9 Å². The third-order valence-corrected chi connectivity index (χ3v) is 10.6. The minimum absolute atomic E-state index is 0.0584. The summed E-state index contributed by atoms with van der Waals surface area (Å²) in [6.45, 7) is 0. The van der Waals surface area contributed by atoms with Gasteiger partial charge in [0.15, 0.2) is 0 Å². The Bertz CT molecular complexity index is 1350.